The number of hydrogen-bond donors (Lipinski definition) is 2. The van der Waals surface area contributed by atoms with E-state index in [1.165, 1.54) is 10.7 Å². The number of nitrogens with one attached hydrogen (secondary N) is 2. The first kappa shape index (κ1) is 28.4. The van der Waals surface area contributed by atoms with Gasteiger partial charge in [0.05, 0.1) is 10.6 Å². The highest BCUT2D eigenvalue weighted by molar-refractivity contribution is 7.89. The van der Waals surface area contributed by atoms with Gasteiger partial charge in [-0.25, -0.2) is 13.1 Å². The maximum atomic E-state index is 13.3. The smallest absolute Gasteiger partial charge is 0.272 e. The van der Waals surface area contributed by atoms with Crippen molar-refractivity contribution >= 4 is 21.6 Å². The van der Waals surface area contributed by atoms with E-state index in [1.54, 1.807) is 63.5 Å². The molecule has 0 bridgehead atoms. The lowest BCUT2D eigenvalue weighted by Gasteiger charge is -2.16. The third-order valence-electron chi connectivity index (χ3n) is 6.06. The van der Waals surface area contributed by atoms with E-state index < -0.39 is 37.5 Å². The Morgan fingerprint density at radius 3 is 2.55 bits per heavy atom. The number of ether oxygens (including phenoxy) is 1. The van der Waals surface area contributed by atoms with Crippen LogP contribution in [0.4, 0.5) is 5.69 Å². The number of hydrogen-bond acceptors (Lipinski definition) is 8. The first-order chi connectivity index (χ1) is 19.1. The van der Waals surface area contributed by atoms with Crippen LogP contribution in [0.1, 0.15) is 41.9 Å². The number of para-hydroxylation sites is 1. The van der Waals surface area contributed by atoms with Crippen molar-refractivity contribution in [2.24, 2.45) is 0 Å². The van der Waals surface area contributed by atoms with Crippen molar-refractivity contribution in [3.63, 3.8) is 0 Å². The van der Waals surface area contributed by atoms with Crippen LogP contribution in [0.3, 0.4) is 0 Å². The summed E-state index contributed by atoms with van der Waals surface area (Å²) in [5, 5.41) is 18.7. The third-order valence-corrected chi connectivity index (χ3v) is 7.67. The van der Waals surface area contributed by atoms with E-state index in [9.17, 15) is 23.3 Å². The monoisotopic (exact) mass is 564 g/mol. The molecule has 0 unspecified atom stereocenters. The molecule has 4 rings (SSSR count). The molecule has 0 spiro atoms. The predicted octanol–water partition coefficient (Wildman–Crippen LogP) is 4.28. The zero-order valence-electron chi connectivity index (χ0n) is 22.1. The Hall–Kier alpha value is -4.62. The first-order valence-corrected chi connectivity index (χ1v) is 13.9. The van der Waals surface area contributed by atoms with Crippen molar-refractivity contribution in [1.29, 1.82) is 0 Å². The van der Waals surface area contributed by atoms with Gasteiger partial charge >= 0.3 is 0 Å². The van der Waals surface area contributed by atoms with Gasteiger partial charge in [0.1, 0.15) is 10.6 Å². The van der Waals surface area contributed by atoms with Crippen molar-refractivity contribution in [1.82, 2.24) is 24.8 Å². The summed E-state index contributed by atoms with van der Waals surface area (Å²) in [5.41, 5.74) is 1.33. The Kier molecular flexibility index (Phi) is 8.55. The van der Waals surface area contributed by atoms with Crippen molar-refractivity contribution in [2.45, 2.75) is 44.7 Å². The summed E-state index contributed by atoms with van der Waals surface area (Å²) in [6.07, 6.45) is 3.77. The Morgan fingerprint density at radius 2 is 1.90 bits per heavy atom. The van der Waals surface area contributed by atoms with Gasteiger partial charge in [-0.05, 0) is 50.1 Å². The average Bonchev–Trinajstić information content (AvgIpc) is 3.28. The summed E-state index contributed by atoms with van der Waals surface area (Å²) in [4.78, 5) is 27.5. The van der Waals surface area contributed by atoms with Gasteiger partial charge in [-0.3, -0.25) is 19.9 Å². The number of nitro benzene ring substituents is 1. The van der Waals surface area contributed by atoms with Crippen LogP contribution in [0, 0.1) is 17.0 Å². The van der Waals surface area contributed by atoms with Gasteiger partial charge in [0.2, 0.25) is 15.9 Å². The highest BCUT2D eigenvalue weighted by Gasteiger charge is 2.28. The Balaban J connectivity index is 1.78. The standard InChI is InChI=1S/C27H28N6O6S/c1-4-18(2)31-40(37,38)24-15-22(33(35)36)12-13-23(24)39-27-19(3)25(30-32(27)21-10-6-5-7-11-21)26(34)29-17-20-9-8-14-28-16-20/h5-16,18,31H,4,17H2,1-3H3,(H,29,34)/t18-/m0/s1. The van der Waals surface area contributed by atoms with E-state index in [-0.39, 0.29) is 23.9 Å². The van der Waals surface area contributed by atoms with Crippen LogP contribution < -0.4 is 14.8 Å². The number of rotatable bonds is 11. The van der Waals surface area contributed by atoms with Gasteiger partial charge in [0.15, 0.2) is 5.69 Å². The molecule has 0 saturated heterocycles. The molecular formula is C27H28N6O6S. The highest BCUT2D eigenvalue weighted by Crippen LogP contribution is 2.35. The van der Waals surface area contributed by atoms with E-state index in [4.69, 9.17) is 4.74 Å². The van der Waals surface area contributed by atoms with Crippen molar-refractivity contribution in [2.75, 3.05) is 0 Å². The molecule has 1 atom stereocenters. The lowest BCUT2D eigenvalue weighted by atomic mass is 10.2. The van der Waals surface area contributed by atoms with Crippen LogP contribution in [0.5, 0.6) is 11.6 Å². The number of amides is 1. The number of aromatic nitrogens is 3. The van der Waals surface area contributed by atoms with Crippen LogP contribution in [-0.2, 0) is 16.6 Å². The molecule has 1 amide bonds. The van der Waals surface area contributed by atoms with Crippen molar-refractivity contribution in [3.8, 4) is 17.3 Å². The fraction of sp³-hybridized carbons (Fsp3) is 0.222. The molecule has 0 aliphatic carbocycles. The van der Waals surface area contributed by atoms with Crippen LogP contribution in [-0.4, -0.2) is 40.1 Å². The number of benzene rings is 2. The molecule has 0 aliphatic rings. The van der Waals surface area contributed by atoms with Gasteiger partial charge < -0.3 is 10.1 Å². The summed E-state index contributed by atoms with van der Waals surface area (Å²) in [5.74, 6) is -0.564. The summed E-state index contributed by atoms with van der Waals surface area (Å²) in [7, 11) is -4.21. The second kappa shape index (κ2) is 12.1. The van der Waals surface area contributed by atoms with Crippen molar-refractivity contribution < 1.29 is 22.9 Å². The lowest BCUT2D eigenvalue weighted by molar-refractivity contribution is -0.385. The van der Waals surface area contributed by atoms with Gasteiger partial charge in [-0.15, -0.1) is 0 Å². The summed E-state index contributed by atoms with van der Waals surface area (Å²) >= 11 is 0. The van der Waals surface area contributed by atoms with Gasteiger partial charge in [0.25, 0.3) is 11.6 Å². The van der Waals surface area contributed by atoms with Crippen LogP contribution in [0.2, 0.25) is 0 Å². The second-order valence-corrected chi connectivity index (χ2v) is 10.7. The van der Waals surface area contributed by atoms with Gasteiger partial charge in [-0.2, -0.15) is 9.78 Å². The second-order valence-electron chi connectivity index (χ2n) is 8.99. The quantitative estimate of drug-likeness (QED) is 0.202. The minimum absolute atomic E-state index is 0.0618. The number of carbonyl (C=O) groups is 1. The molecule has 4 aromatic rings. The maximum absolute atomic E-state index is 13.3. The maximum Gasteiger partial charge on any atom is 0.272 e. The van der Waals surface area contributed by atoms with Crippen LogP contribution >= 0.6 is 0 Å². The van der Waals surface area contributed by atoms with E-state index >= 15 is 0 Å². The molecule has 2 N–H and O–H groups in total. The predicted molar refractivity (Wildman–Crippen MR) is 147 cm³/mol. The van der Waals surface area contributed by atoms with Crippen LogP contribution in [0.15, 0.2) is 78.0 Å². The molecule has 0 saturated carbocycles. The molecule has 2 aromatic heterocycles. The Labute approximate surface area is 231 Å². The molecule has 2 heterocycles. The fourth-order valence-corrected chi connectivity index (χ4v) is 5.22. The summed E-state index contributed by atoms with van der Waals surface area (Å²) in [6.45, 7) is 5.32. The van der Waals surface area contributed by atoms with E-state index in [0.29, 0.717) is 17.7 Å². The highest BCUT2D eigenvalue weighted by atomic mass is 32.2. The number of nitrogens with zero attached hydrogens (tertiary/aromatic N) is 4. The van der Waals surface area contributed by atoms with E-state index in [1.807, 2.05) is 12.1 Å². The largest absolute Gasteiger partial charge is 0.437 e. The minimum atomic E-state index is -4.21. The van der Waals surface area contributed by atoms with Crippen molar-refractivity contribution in [3.05, 3.63) is 100.0 Å². The normalized spacial score (nSPS) is 12.1. The average molecular weight is 565 g/mol. The Morgan fingerprint density at radius 1 is 1.15 bits per heavy atom. The number of sulfonamides is 1. The molecular weight excluding hydrogens is 536 g/mol. The molecule has 12 nitrogen and oxygen atoms in total. The molecule has 208 valence electrons. The van der Waals surface area contributed by atoms with Gasteiger partial charge in [-0.1, -0.05) is 31.2 Å². The molecule has 40 heavy (non-hydrogen) atoms. The fourth-order valence-electron chi connectivity index (χ4n) is 3.75. The molecule has 0 radical (unpaired) electrons. The van der Waals surface area contributed by atoms with Gasteiger partial charge in [0, 0.05) is 42.7 Å². The number of non-ortho nitro benzene ring substituents is 1. The third kappa shape index (κ3) is 6.33. The summed E-state index contributed by atoms with van der Waals surface area (Å²) in [6, 6.07) is 15.3. The number of pyridine rings is 1. The molecule has 0 aliphatic heterocycles. The molecule has 0 fully saturated rings. The number of nitro groups is 1. The lowest BCUT2D eigenvalue weighted by Crippen LogP contribution is -2.32. The van der Waals surface area contributed by atoms with E-state index in [2.05, 4.69) is 20.1 Å². The van der Waals surface area contributed by atoms with E-state index in [0.717, 1.165) is 17.7 Å². The molecule has 2 aromatic carbocycles. The number of carbonyl (C=O) groups excluding carboxylic acids is 1. The summed E-state index contributed by atoms with van der Waals surface area (Å²) < 4.78 is 36.5. The minimum Gasteiger partial charge on any atom is -0.437 e. The van der Waals surface area contributed by atoms with Crippen LogP contribution in [0.25, 0.3) is 5.69 Å². The zero-order valence-corrected chi connectivity index (χ0v) is 22.9. The first-order valence-electron chi connectivity index (χ1n) is 12.4. The zero-order chi connectivity index (χ0) is 28.9. The SMILES string of the molecule is CC[C@H](C)NS(=O)(=O)c1cc([N+](=O)[O-])ccc1Oc1c(C)c(C(=O)NCc2cccnc2)nn1-c1ccccc1. The Bertz CT molecular complexity index is 1620. The molecule has 13 heteroatoms. The topological polar surface area (TPSA) is 158 Å².